The maximum absolute atomic E-state index is 5.80. The van der Waals surface area contributed by atoms with E-state index < -0.39 is 0 Å². The Morgan fingerprint density at radius 3 is 2.77 bits per heavy atom. The van der Waals surface area contributed by atoms with E-state index in [4.69, 9.17) is 14.5 Å². The molecule has 162 valence electrons. The lowest BCUT2D eigenvalue weighted by Gasteiger charge is -2.28. The number of para-hydroxylation sites is 2. The first-order chi connectivity index (χ1) is 15.2. The molecule has 1 unspecified atom stereocenters. The second-order valence-corrected chi connectivity index (χ2v) is 7.35. The van der Waals surface area contributed by atoms with Crippen LogP contribution in [0.1, 0.15) is 29.7 Å². The van der Waals surface area contributed by atoms with Gasteiger partial charge in [0.05, 0.1) is 19.2 Å². The average molecular weight is 421 g/mol. The Morgan fingerprint density at radius 1 is 1.16 bits per heavy atom. The Morgan fingerprint density at radius 2 is 1.97 bits per heavy atom. The fourth-order valence-electron chi connectivity index (χ4n) is 3.40. The van der Waals surface area contributed by atoms with E-state index in [-0.39, 0.29) is 6.04 Å². The zero-order valence-electron chi connectivity index (χ0n) is 17.9. The van der Waals surface area contributed by atoms with Crippen LogP contribution in [-0.4, -0.2) is 40.5 Å². The Balaban J connectivity index is 1.43. The van der Waals surface area contributed by atoms with E-state index in [2.05, 4.69) is 26.9 Å². The molecule has 1 atom stereocenters. The molecular formula is C23H28N6O2. The number of guanidine groups is 1. The van der Waals surface area contributed by atoms with Gasteiger partial charge in [-0.3, -0.25) is 0 Å². The molecule has 0 saturated carbocycles. The molecule has 2 N–H and O–H groups in total. The topological polar surface area (TPSA) is 85.6 Å². The van der Waals surface area contributed by atoms with Crippen LogP contribution in [0.15, 0.2) is 59.6 Å². The zero-order chi connectivity index (χ0) is 21.5. The molecule has 0 fully saturated rings. The molecule has 2 heterocycles. The number of hydrogen-bond donors (Lipinski definition) is 2. The number of aryl methyl sites for hydroxylation is 1. The van der Waals surface area contributed by atoms with E-state index in [9.17, 15) is 0 Å². The summed E-state index contributed by atoms with van der Waals surface area (Å²) in [6.45, 7) is 4.16. The number of benzene rings is 2. The molecule has 1 aliphatic rings. The minimum absolute atomic E-state index is 0.118. The van der Waals surface area contributed by atoms with Crippen molar-refractivity contribution in [2.45, 2.75) is 25.9 Å². The summed E-state index contributed by atoms with van der Waals surface area (Å²) in [4.78, 5) is 4.75. The summed E-state index contributed by atoms with van der Waals surface area (Å²) in [6, 6.07) is 18.0. The van der Waals surface area contributed by atoms with Crippen molar-refractivity contribution in [2.24, 2.45) is 12.0 Å². The highest BCUT2D eigenvalue weighted by Gasteiger charge is 2.22. The van der Waals surface area contributed by atoms with Crippen molar-refractivity contribution < 1.29 is 9.47 Å². The first-order valence-electron chi connectivity index (χ1n) is 10.5. The van der Waals surface area contributed by atoms with Gasteiger partial charge in [-0.2, -0.15) is 0 Å². The molecule has 0 amide bonds. The molecule has 4 rings (SSSR count). The van der Waals surface area contributed by atoms with Crippen LogP contribution >= 0.6 is 0 Å². The van der Waals surface area contributed by atoms with Crippen LogP contribution in [0.5, 0.6) is 11.5 Å². The van der Waals surface area contributed by atoms with Crippen LogP contribution in [0, 0.1) is 6.92 Å². The van der Waals surface area contributed by atoms with Gasteiger partial charge in [0, 0.05) is 19.0 Å². The molecule has 8 heteroatoms. The summed E-state index contributed by atoms with van der Waals surface area (Å²) in [5, 5.41) is 15.3. The Kier molecular flexibility index (Phi) is 6.66. The molecule has 1 aliphatic heterocycles. The second kappa shape index (κ2) is 9.97. The van der Waals surface area contributed by atoms with Crippen molar-refractivity contribution >= 4 is 5.96 Å². The summed E-state index contributed by atoms with van der Waals surface area (Å²) >= 11 is 0. The first kappa shape index (κ1) is 20.7. The van der Waals surface area contributed by atoms with E-state index in [0.29, 0.717) is 32.3 Å². The fourth-order valence-corrected chi connectivity index (χ4v) is 3.40. The standard InChI is InChI=1S/C23H28N6O2/c1-17-27-28-22(29(17)2)16-25-23(24-13-15-30-18-8-4-3-5-9-18)26-20-12-14-31-21-11-7-6-10-19(20)21/h3-11,20H,12-16H2,1-2H3,(H2,24,25,26). The van der Waals surface area contributed by atoms with Crippen molar-refractivity contribution in [1.29, 1.82) is 0 Å². The van der Waals surface area contributed by atoms with Gasteiger partial charge in [-0.25, -0.2) is 4.99 Å². The van der Waals surface area contributed by atoms with Crippen LogP contribution in [0.3, 0.4) is 0 Å². The highest BCUT2D eigenvalue weighted by atomic mass is 16.5. The molecular weight excluding hydrogens is 392 g/mol. The molecule has 31 heavy (non-hydrogen) atoms. The second-order valence-electron chi connectivity index (χ2n) is 7.35. The van der Waals surface area contributed by atoms with Crippen molar-refractivity contribution in [3.8, 4) is 11.5 Å². The number of fused-ring (bicyclic) bond motifs is 1. The Labute approximate surface area is 182 Å². The monoisotopic (exact) mass is 420 g/mol. The van der Waals surface area contributed by atoms with Gasteiger partial charge in [0.2, 0.25) is 0 Å². The Bertz CT molecular complexity index is 1020. The minimum Gasteiger partial charge on any atom is -0.493 e. The maximum Gasteiger partial charge on any atom is 0.192 e. The third-order valence-corrected chi connectivity index (χ3v) is 5.24. The van der Waals surface area contributed by atoms with Crippen LogP contribution in [0.2, 0.25) is 0 Å². The van der Waals surface area contributed by atoms with Gasteiger partial charge in [0.1, 0.15) is 30.5 Å². The maximum atomic E-state index is 5.80. The number of aliphatic imine (C=N–C) groups is 1. The van der Waals surface area contributed by atoms with Gasteiger partial charge in [-0.05, 0) is 25.1 Å². The average Bonchev–Trinajstić information content (AvgIpc) is 3.13. The van der Waals surface area contributed by atoms with Gasteiger partial charge >= 0.3 is 0 Å². The van der Waals surface area contributed by atoms with Gasteiger partial charge < -0.3 is 24.7 Å². The SMILES string of the molecule is Cc1nnc(CN=C(NCCOc2ccccc2)NC2CCOc3ccccc32)n1C. The summed E-state index contributed by atoms with van der Waals surface area (Å²) in [7, 11) is 1.95. The van der Waals surface area contributed by atoms with Gasteiger partial charge in [0.15, 0.2) is 11.8 Å². The number of ether oxygens (including phenoxy) is 2. The first-order valence-corrected chi connectivity index (χ1v) is 10.5. The van der Waals surface area contributed by atoms with Crippen LogP contribution in [0.4, 0.5) is 0 Å². The van der Waals surface area contributed by atoms with Crippen molar-refractivity contribution in [3.05, 3.63) is 71.8 Å². The smallest absolute Gasteiger partial charge is 0.192 e. The summed E-state index contributed by atoms with van der Waals surface area (Å²) in [6.07, 6.45) is 0.862. The predicted octanol–water partition coefficient (Wildman–Crippen LogP) is 2.76. The van der Waals surface area contributed by atoms with Crippen LogP contribution in [0.25, 0.3) is 0 Å². The predicted molar refractivity (Wildman–Crippen MR) is 119 cm³/mol. The van der Waals surface area contributed by atoms with Gasteiger partial charge in [0.25, 0.3) is 0 Å². The summed E-state index contributed by atoms with van der Waals surface area (Å²) in [5.41, 5.74) is 1.14. The normalized spacial score (nSPS) is 15.7. The molecule has 8 nitrogen and oxygen atoms in total. The highest BCUT2D eigenvalue weighted by Crippen LogP contribution is 2.31. The molecule has 0 aliphatic carbocycles. The van der Waals surface area contributed by atoms with E-state index in [1.165, 1.54) is 0 Å². The largest absolute Gasteiger partial charge is 0.493 e. The van der Waals surface area contributed by atoms with Crippen molar-refractivity contribution in [2.75, 3.05) is 19.8 Å². The third kappa shape index (κ3) is 5.33. The lowest BCUT2D eigenvalue weighted by atomic mass is 10.0. The highest BCUT2D eigenvalue weighted by molar-refractivity contribution is 5.80. The number of rotatable bonds is 7. The van der Waals surface area contributed by atoms with Gasteiger partial charge in [-0.1, -0.05) is 36.4 Å². The minimum atomic E-state index is 0.118. The van der Waals surface area contributed by atoms with Crippen molar-refractivity contribution in [1.82, 2.24) is 25.4 Å². The summed E-state index contributed by atoms with van der Waals surface area (Å²) in [5.74, 6) is 4.15. The number of hydrogen-bond acceptors (Lipinski definition) is 5. The van der Waals surface area contributed by atoms with E-state index in [0.717, 1.165) is 35.1 Å². The molecule has 0 bridgehead atoms. The third-order valence-electron chi connectivity index (χ3n) is 5.24. The fraction of sp³-hybridized carbons (Fsp3) is 0.348. The van der Waals surface area contributed by atoms with E-state index in [1.54, 1.807) is 0 Å². The van der Waals surface area contributed by atoms with Crippen molar-refractivity contribution in [3.63, 3.8) is 0 Å². The molecule has 3 aromatic rings. The molecule has 1 aromatic heterocycles. The number of nitrogens with one attached hydrogen (secondary N) is 2. The Hall–Kier alpha value is -3.55. The van der Waals surface area contributed by atoms with Gasteiger partial charge in [-0.15, -0.1) is 10.2 Å². The lowest BCUT2D eigenvalue weighted by molar-refractivity contribution is 0.261. The summed E-state index contributed by atoms with van der Waals surface area (Å²) < 4.78 is 13.5. The molecule has 0 radical (unpaired) electrons. The quantitative estimate of drug-likeness (QED) is 0.347. The number of aromatic nitrogens is 3. The molecule has 0 spiro atoms. The van der Waals surface area contributed by atoms with Crippen LogP contribution in [-0.2, 0) is 13.6 Å². The number of nitrogens with zero attached hydrogens (tertiary/aromatic N) is 4. The van der Waals surface area contributed by atoms with E-state index >= 15 is 0 Å². The molecule has 0 saturated heterocycles. The van der Waals surface area contributed by atoms with E-state index in [1.807, 2.05) is 67.1 Å². The lowest BCUT2D eigenvalue weighted by Crippen LogP contribution is -2.42. The molecule has 2 aromatic carbocycles. The zero-order valence-corrected chi connectivity index (χ0v) is 17.9. The van der Waals surface area contributed by atoms with Crippen LogP contribution < -0.4 is 20.1 Å².